The zero-order chi connectivity index (χ0) is 22.8. The Bertz CT molecular complexity index is 1090. The number of carbonyl (C=O) groups excluding carboxylic acids is 1. The van der Waals surface area contributed by atoms with Crippen molar-refractivity contribution in [3.63, 3.8) is 0 Å². The van der Waals surface area contributed by atoms with E-state index in [1.54, 1.807) is 5.57 Å². The number of benzene rings is 1. The van der Waals surface area contributed by atoms with Crippen LogP contribution in [-0.2, 0) is 4.79 Å². The molecule has 1 N–H and O–H groups in total. The van der Waals surface area contributed by atoms with Crippen LogP contribution >= 0.6 is 0 Å². The molecule has 33 heavy (non-hydrogen) atoms. The summed E-state index contributed by atoms with van der Waals surface area (Å²) in [5, 5.41) is 11.9. The third kappa shape index (κ3) is 3.10. The molecule has 1 aromatic carbocycles. The van der Waals surface area contributed by atoms with Crippen molar-refractivity contribution in [3.8, 4) is 11.5 Å². The molecule has 1 heterocycles. The van der Waals surface area contributed by atoms with Crippen LogP contribution in [0.25, 0.3) is 0 Å². The van der Waals surface area contributed by atoms with E-state index in [9.17, 15) is 9.90 Å². The van der Waals surface area contributed by atoms with Crippen molar-refractivity contribution < 1.29 is 19.4 Å². The van der Waals surface area contributed by atoms with Crippen molar-refractivity contribution in [2.24, 2.45) is 17.3 Å². The Morgan fingerprint density at radius 1 is 1.09 bits per heavy atom. The Balaban J connectivity index is 1.52. The van der Waals surface area contributed by atoms with E-state index in [1.807, 2.05) is 19.1 Å². The van der Waals surface area contributed by atoms with E-state index < -0.39 is 5.60 Å². The monoisotopic (exact) mass is 446 g/mol. The van der Waals surface area contributed by atoms with Gasteiger partial charge in [0.05, 0.1) is 5.60 Å². The van der Waals surface area contributed by atoms with Gasteiger partial charge in [0.15, 0.2) is 17.3 Å². The van der Waals surface area contributed by atoms with Gasteiger partial charge in [-0.15, -0.1) is 0 Å². The fraction of sp³-hybridized carbons (Fsp3) is 0.552. The van der Waals surface area contributed by atoms with Crippen LogP contribution in [0.15, 0.2) is 53.1 Å². The lowest BCUT2D eigenvalue weighted by molar-refractivity contribution is -0.114. The average molecular weight is 447 g/mol. The molecule has 2 fully saturated rings. The minimum absolute atomic E-state index is 0.183. The molecule has 4 nitrogen and oxygen atoms in total. The first-order valence-corrected chi connectivity index (χ1v) is 12.7. The lowest BCUT2D eigenvalue weighted by Crippen LogP contribution is -2.50. The maximum atomic E-state index is 12.2. The highest BCUT2D eigenvalue weighted by atomic mass is 16.6. The summed E-state index contributed by atoms with van der Waals surface area (Å²) in [6.45, 7) is 5.51. The van der Waals surface area contributed by atoms with Crippen LogP contribution in [-0.4, -0.2) is 29.7 Å². The summed E-state index contributed by atoms with van der Waals surface area (Å²) in [6, 6.07) is 6.42. The van der Waals surface area contributed by atoms with Gasteiger partial charge in [-0.1, -0.05) is 30.7 Å². The SMILES string of the molecule is CC=C[C@]1(O)CC[C@H]2[C@@H]3CCC4=CC(=O)CCC4=C3[C@@H](c3ccc4c(c3)OCCO4)C[C@@]21C. The lowest BCUT2D eigenvalue weighted by Gasteiger charge is -2.54. The largest absolute Gasteiger partial charge is 0.486 e. The van der Waals surface area contributed by atoms with Crippen molar-refractivity contribution in [2.75, 3.05) is 13.2 Å². The fourth-order valence-corrected chi connectivity index (χ4v) is 7.82. The van der Waals surface area contributed by atoms with E-state index in [1.165, 1.54) is 16.7 Å². The lowest BCUT2D eigenvalue weighted by atomic mass is 9.51. The molecule has 6 rings (SSSR count). The molecule has 0 amide bonds. The minimum atomic E-state index is -0.771. The molecule has 5 atom stereocenters. The van der Waals surface area contributed by atoms with Crippen LogP contribution in [0.5, 0.6) is 11.5 Å². The molecule has 0 spiro atoms. The molecule has 5 aliphatic rings. The van der Waals surface area contributed by atoms with Crippen molar-refractivity contribution in [3.05, 3.63) is 58.7 Å². The first-order valence-electron chi connectivity index (χ1n) is 12.7. The molecular weight excluding hydrogens is 412 g/mol. The van der Waals surface area contributed by atoms with E-state index in [4.69, 9.17) is 9.47 Å². The first kappa shape index (κ1) is 21.2. The third-order valence-electron chi connectivity index (χ3n) is 9.36. The van der Waals surface area contributed by atoms with Gasteiger partial charge < -0.3 is 14.6 Å². The summed E-state index contributed by atoms with van der Waals surface area (Å²) in [6.07, 6.45) is 12.3. The van der Waals surface area contributed by atoms with Crippen LogP contribution < -0.4 is 9.47 Å². The maximum Gasteiger partial charge on any atom is 0.161 e. The third-order valence-corrected chi connectivity index (χ3v) is 9.36. The quantitative estimate of drug-likeness (QED) is 0.595. The second-order valence-electron chi connectivity index (χ2n) is 10.9. The number of aliphatic hydroxyl groups is 1. The number of hydrogen-bond acceptors (Lipinski definition) is 4. The summed E-state index contributed by atoms with van der Waals surface area (Å²) in [7, 11) is 0. The number of ketones is 1. The second-order valence-corrected chi connectivity index (χ2v) is 10.9. The summed E-state index contributed by atoms with van der Waals surface area (Å²) in [4.78, 5) is 12.2. The molecule has 0 bridgehead atoms. The number of ether oxygens (including phenoxy) is 2. The minimum Gasteiger partial charge on any atom is -0.486 e. The van der Waals surface area contributed by atoms with Crippen LogP contribution in [0.4, 0.5) is 0 Å². The van der Waals surface area contributed by atoms with Gasteiger partial charge >= 0.3 is 0 Å². The molecule has 4 heteroatoms. The Labute approximate surface area is 196 Å². The van der Waals surface area contributed by atoms with Crippen molar-refractivity contribution >= 4 is 5.78 Å². The second kappa shape index (κ2) is 7.59. The molecule has 1 aromatic rings. The summed E-state index contributed by atoms with van der Waals surface area (Å²) in [5.41, 5.74) is 4.55. The predicted molar refractivity (Wildman–Crippen MR) is 127 cm³/mol. The number of allylic oxidation sites excluding steroid dienone is 5. The highest BCUT2D eigenvalue weighted by molar-refractivity contribution is 5.93. The standard InChI is InChI=1S/C29H34O4/c1-3-11-29(31)12-10-24-22-7-4-18-15-20(30)6-8-21(18)27(22)23(17-28(24,29)2)19-5-9-25-26(16-19)33-14-13-32-25/h3,5,9,11,15-16,22-24,31H,4,6-8,10,12-14,17H2,1-2H3/t22-,23+,24-,28-,29-/m0/s1. The summed E-state index contributed by atoms with van der Waals surface area (Å²) in [5.74, 6) is 3.06. The highest BCUT2D eigenvalue weighted by Gasteiger charge is 2.61. The van der Waals surface area contributed by atoms with Gasteiger partial charge in [0.2, 0.25) is 0 Å². The molecule has 174 valence electrons. The average Bonchev–Trinajstić information content (AvgIpc) is 3.08. The van der Waals surface area contributed by atoms with E-state index >= 15 is 0 Å². The number of carbonyl (C=O) groups is 1. The molecule has 4 aliphatic carbocycles. The van der Waals surface area contributed by atoms with Gasteiger partial charge in [0.25, 0.3) is 0 Å². The van der Waals surface area contributed by atoms with Crippen LogP contribution in [0, 0.1) is 17.3 Å². The van der Waals surface area contributed by atoms with Crippen molar-refractivity contribution in [1.82, 2.24) is 0 Å². The zero-order valence-electron chi connectivity index (χ0n) is 19.7. The molecule has 2 saturated carbocycles. The van der Waals surface area contributed by atoms with Gasteiger partial charge in [-0.2, -0.15) is 0 Å². The number of rotatable bonds is 2. The normalized spacial score (nSPS) is 37.5. The summed E-state index contributed by atoms with van der Waals surface area (Å²) < 4.78 is 11.7. The Morgan fingerprint density at radius 3 is 2.73 bits per heavy atom. The van der Waals surface area contributed by atoms with Crippen molar-refractivity contribution in [2.45, 2.75) is 70.3 Å². The molecule has 0 radical (unpaired) electrons. The smallest absolute Gasteiger partial charge is 0.161 e. The first-order chi connectivity index (χ1) is 15.9. The molecule has 0 saturated heterocycles. The van der Waals surface area contributed by atoms with Crippen LogP contribution in [0.2, 0.25) is 0 Å². The predicted octanol–water partition coefficient (Wildman–Crippen LogP) is 5.66. The Kier molecular flexibility index (Phi) is 4.88. The van der Waals surface area contributed by atoms with E-state index in [0.29, 0.717) is 31.5 Å². The van der Waals surface area contributed by atoms with Crippen molar-refractivity contribution in [1.29, 1.82) is 0 Å². The number of hydrogen-bond donors (Lipinski definition) is 1. The number of fused-ring (bicyclic) bond motifs is 5. The van der Waals surface area contributed by atoms with Gasteiger partial charge in [0, 0.05) is 17.8 Å². The topological polar surface area (TPSA) is 55.8 Å². The van der Waals surface area contributed by atoms with Gasteiger partial charge in [-0.25, -0.2) is 0 Å². The summed E-state index contributed by atoms with van der Waals surface area (Å²) >= 11 is 0. The molecule has 1 aliphatic heterocycles. The van der Waals surface area contributed by atoms with E-state index in [2.05, 4.69) is 31.2 Å². The Morgan fingerprint density at radius 2 is 1.91 bits per heavy atom. The van der Waals surface area contributed by atoms with Crippen LogP contribution in [0.3, 0.4) is 0 Å². The fourth-order valence-electron chi connectivity index (χ4n) is 7.82. The molecular formula is C29H34O4. The maximum absolute atomic E-state index is 12.2. The molecule has 0 aromatic heterocycles. The van der Waals surface area contributed by atoms with Gasteiger partial charge in [0.1, 0.15) is 13.2 Å². The van der Waals surface area contributed by atoms with Gasteiger partial charge in [-0.05, 0) is 92.2 Å². The van der Waals surface area contributed by atoms with E-state index in [0.717, 1.165) is 50.0 Å². The zero-order valence-corrected chi connectivity index (χ0v) is 19.7. The Hall–Kier alpha value is -2.33. The van der Waals surface area contributed by atoms with E-state index in [-0.39, 0.29) is 17.1 Å². The van der Waals surface area contributed by atoms with Gasteiger partial charge in [-0.3, -0.25) is 4.79 Å². The van der Waals surface area contributed by atoms with Crippen LogP contribution in [0.1, 0.15) is 70.3 Å². The highest BCUT2D eigenvalue weighted by Crippen LogP contribution is 2.67. The molecule has 0 unspecified atom stereocenters.